The Labute approximate surface area is 173 Å². The van der Waals surface area contributed by atoms with Gasteiger partial charge in [0.15, 0.2) is 10.9 Å². The Hall–Kier alpha value is -2.64. The molecule has 6 nitrogen and oxygen atoms in total. The van der Waals surface area contributed by atoms with Gasteiger partial charge in [0.1, 0.15) is 18.2 Å². The molecule has 3 aromatic rings. The first kappa shape index (κ1) is 19.7. The van der Waals surface area contributed by atoms with E-state index in [1.165, 1.54) is 18.7 Å². The van der Waals surface area contributed by atoms with Crippen LogP contribution >= 0.6 is 11.8 Å². The molecule has 0 spiro atoms. The minimum Gasteiger partial charge on any atom is -0.491 e. The lowest BCUT2D eigenvalue weighted by Crippen LogP contribution is -2.20. The molecule has 1 unspecified atom stereocenters. The summed E-state index contributed by atoms with van der Waals surface area (Å²) in [5.41, 5.74) is 1.68. The van der Waals surface area contributed by atoms with Gasteiger partial charge in [-0.05, 0) is 56.2 Å². The summed E-state index contributed by atoms with van der Waals surface area (Å²) in [6.07, 6.45) is 1.64. The van der Waals surface area contributed by atoms with E-state index < -0.39 is 6.10 Å². The summed E-state index contributed by atoms with van der Waals surface area (Å²) in [6.45, 7) is 1.70. The number of aliphatic hydroxyl groups is 1. The zero-order valence-electron chi connectivity index (χ0n) is 16.2. The number of carbonyl (C=O) groups is 1. The molecule has 0 radical (unpaired) electrons. The van der Waals surface area contributed by atoms with E-state index in [1.807, 2.05) is 30.3 Å². The topological polar surface area (TPSA) is 77.2 Å². The lowest BCUT2D eigenvalue weighted by atomic mass is 10.1. The van der Waals surface area contributed by atoms with Gasteiger partial charge in [0, 0.05) is 22.9 Å². The number of nitrogens with zero attached hydrogens (tertiary/aromatic N) is 3. The van der Waals surface area contributed by atoms with Crippen molar-refractivity contribution in [2.75, 3.05) is 12.4 Å². The fraction of sp³-hybridized carbons (Fsp3) is 0.318. The number of thioether (sulfide) groups is 1. The van der Waals surface area contributed by atoms with E-state index in [9.17, 15) is 9.90 Å². The molecule has 0 amide bonds. The van der Waals surface area contributed by atoms with Crippen molar-refractivity contribution in [2.24, 2.45) is 0 Å². The van der Waals surface area contributed by atoms with Crippen LogP contribution in [0.1, 0.15) is 41.9 Å². The number of aliphatic hydroxyl groups excluding tert-OH is 1. The molecule has 1 heterocycles. The Bertz CT molecular complexity index is 969. The van der Waals surface area contributed by atoms with Gasteiger partial charge in [0.25, 0.3) is 0 Å². The zero-order chi connectivity index (χ0) is 20.2. The predicted molar refractivity (Wildman–Crippen MR) is 112 cm³/mol. The molecule has 2 aromatic carbocycles. The maximum absolute atomic E-state index is 11.3. The SMILES string of the molecule is CC(=O)c1ccc(OCC(O)CSc2nnc(C3CC3)n2-c2ccccc2)cc1. The normalized spacial score (nSPS) is 14.6. The van der Waals surface area contributed by atoms with E-state index in [2.05, 4.69) is 14.8 Å². The molecule has 4 rings (SSSR count). The zero-order valence-corrected chi connectivity index (χ0v) is 17.0. The van der Waals surface area contributed by atoms with E-state index >= 15 is 0 Å². The summed E-state index contributed by atoms with van der Waals surface area (Å²) >= 11 is 1.47. The Kier molecular flexibility index (Phi) is 5.97. The first-order valence-electron chi connectivity index (χ1n) is 9.67. The second kappa shape index (κ2) is 8.80. The van der Waals surface area contributed by atoms with Crippen LogP contribution in [0.4, 0.5) is 0 Å². The summed E-state index contributed by atoms with van der Waals surface area (Å²) in [4.78, 5) is 11.3. The third-order valence-electron chi connectivity index (χ3n) is 4.72. The molecule has 7 heteroatoms. The number of rotatable bonds is 9. The van der Waals surface area contributed by atoms with E-state index in [0.29, 0.717) is 23.0 Å². The van der Waals surface area contributed by atoms with Crippen molar-refractivity contribution in [3.05, 3.63) is 66.0 Å². The number of ether oxygens (including phenoxy) is 1. The van der Waals surface area contributed by atoms with Crippen LogP contribution in [0.15, 0.2) is 59.8 Å². The number of para-hydroxylation sites is 1. The average Bonchev–Trinajstić information content (AvgIpc) is 3.50. The first-order chi connectivity index (χ1) is 14.1. The van der Waals surface area contributed by atoms with Crippen molar-refractivity contribution in [3.8, 4) is 11.4 Å². The van der Waals surface area contributed by atoms with Gasteiger partial charge in [-0.25, -0.2) is 0 Å². The number of ketones is 1. The molecule has 29 heavy (non-hydrogen) atoms. The number of hydrogen-bond acceptors (Lipinski definition) is 6. The highest BCUT2D eigenvalue weighted by Gasteiger charge is 2.31. The highest BCUT2D eigenvalue weighted by molar-refractivity contribution is 7.99. The summed E-state index contributed by atoms with van der Waals surface area (Å²) in [6, 6.07) is 17.0. The van der Waals surface area contributed by atoms with Crippen LogP contribution in [0.2, 0.25) is 0 Å². The summed E-state index contributed by atoms with van der Waals surface area (Å²) < 4.78 is 7.74. The van der Waals surface area contributed by atoms with Gasteiger partial charge >= 0.3 is 0 Å². The molecule has 1 aliphatic rings. The molecular formula is C22H23N3O3S. The Morgan fingerprint density at radius 1 is 1.17 bits per heavy atom. The standard InChI is InChI=1S/C22H23N3O3S/c1-15(26)16-9-11-20(12-10-16)28-13-19(27)14-29-22-24-23-21(17-7-8-17)25(22)18-5-3-2-4-6-18/h2-6,9-12,17,19,27H,7-8,13-14H2,1H3. The highest BCUT2D eigenvalue weighted by Crippen LogP contribution is 2.41. The minimum absolute atomic E-state index is 0.0149. The van der Waals surface area contributed by atoms with Gasteiger partial charge in [-0.1, -0.05) is 30.0 Å². The van der Waals surface area contributed by atoms with Crippen molar-refractivity contribution >= 4 is 17.5 Å². The number of aromatic nitrogens is 3. The average molecular weight is 410 g/mol. The van der Waals surface area contributed by atoms with Crippen molar-refractivity contribution in [1.82, 2.24) is 14.8 Å². The highest BCUT2D eigenvalue weighted by atomic mass is 32.2. The van der Waals surface area contributed by atoms with Crippen molar-refractivity contribution < 1.29 is 14.6 Å². The van der Waals surface area contributed by atoms with Gasteiger partial charge < -0.3 is 9.84 Å². The molecule has 1 N–H and O–H groups in total. The Balaban J connectivity index is 1.37. The first-order valence-corrected chi connectivity index (χ1v) is 10.7. The van der Waals surface area contributed by atoms with Gasteiger partial charge in [0.05, 0.1) is 6.10 Å². The van der Waals surface area contributed by atoms with E-state index in [0.717, 1.165) is 29.5 Å². The third-order valence-corrected chi connectivity index (χ3v) is 5.80. The van der Waals surface area contributed by atoms with E-state index in [4.69, 9.17) is 4.74 Å². The van der Waals surface area contributed by atoms with Crippen LogP contribution in [0.5, 0.6) is 5.75 Å². The monoisotopic (exact) mass is 409 g/mol. The molecule has 150 valence electrons. The molecule has 1 fully saturated rings. The minimum atomic E-state index is -0.655. The number of carbonyl (C=O) groups excluding carboxylic acids is 1. The Morgan fingerprint density at radius 3 is 2.55 bits per heavy atom. The van der Waals surface area contributed by atoms with Crippen molar-refractivity contribution in [1.29, 1.82) is 0 Å². The molecule has 1 aliphatic carbocycles. The summed E-state index contributed by atoms with van der Waals surface area (Å²) in [5.74, 6) is 2.56. The smallest absolute Gasteiger partial charge is 0.195 e. The number of benzene rings is 2. The molecular weight excluding hydrogens is 386 g/mol. The van der Waals surface area contributed by atoms with Crippen LogP contribution in [-0.2, 0) is 0 Å². The van der Waals surface area contributed by atoms with Crippen LogP contribution in [0, 0.1) is 0 Å². The third kappa shape index (κ3) is 4.86. The number of Topliss-reactive ketones (excluding diaryl/α,β-unsaturated/α-hetero) is 1. The van der Waals surface area contributed by atoms with Gasteiger partial charge in [-0.2, -0.15) is 0 Å². The molecule has 1 atom stereocenters. The van der Waals surface area contributed by atoms with Crippen LogP contribution in [0.25, 0.3) is 5.69 Å². The molecule has 0 saturated heterocycles. The summed E-state index contributed by atoms with van der Waals surface area (Å²) in [7, 11) is 0. The van der Waals surface area contributed by atoms with Gasteiger partial charge in [0.2, 0.25) is 0 Å². The van der Waals surface area contributed by atoms with Gasteiger partial charge in [-0.15, -0.1) is 10.2 Å². The van der Waals surface area contributed by atoms with Crippen LogP contribution < -0.4 is 4.74 Å². The second-order valence-electron chi connectivity index (χ2n) is 7.14. The fourth-order valence-electron chi connectivity index (χ4n) is 3.00. The largest absolute Gasteiger partial charge is 0.491 e. The molecule has 1 aromatic heterocycles. The van der Waals surface area contributed by atoms with E-state index in [1.54, 1.807) is 24.3 Å². The molecule has 0 aliphatic heterocycles. The lowest BCUT2D eigenvalue weighted by molar-refractivity contribution is 0.101. The quantitative estimate of drug-likeness (QED) is 0.427. The van der Waals surface area contributed by atoms with Crippen LogP contribution in [-0.4, -0.2) is 44.1 Å². The fourth-order valence-corrected chi connectivity index (χ4v) is 3.86. The Morgan fingerprint density at radius 2 is 1.90 bits per heavy atom. The van der Waals surface area contributed by atoms with Crippen LogP contribution in [0.3, 0.4) is 0 Å². The van der Waals surface area contributed by atoms with E-state index in [-0.39, 0.29) is 12.4 Å². The van der Waals surface area contributed by atoms with Gasteiger partial charge in [-0.3, -0.25) is 9.36 Å². The summed E-state index contributed by atoms with van der Waals surface area (Å²) in [5, 5.41) is 19.9. The maximum atomic E-state index is 11.3. The van der Waals surface area contributed by atoms with Crippen molar-refractivity contribution in [2.45, 2.75) is 36.9 Å². The number of hydrogen-bond donors (Lipinski definition) is 1. The maximum Gasteiger partial charge on any atom is 0.195 e. The lowest BCUT2D eigenvalue weighted by Gasteiger charge is -2.13. The second-order valence-corrected chi connectivity index (χ2v) is 8.13. The predicted octanol–water partition coefficient (Wildman–Crippen LogP) is 3.88. The van der Waals surface area contributed by atoms with Crippen molar-refractivity contribution in [3.63, 3.8) is 0 Å². The molecule has 1 saturated carbocycles. The molecule has 0 bridgehead atoms.